The molecule has 4 heteroatoms. The summed E-state index contributed by atoms with van der Waals surface area (Å²) in [6, 6.07) is 7.66. The van der Waals surface area contributed by atoms with Crippen LogP contribution in [0.25, 0.3) is 0 Å². The number of nitrogen functional groups attached to an aromatic ring is 1. The number of carbonyl (C=O) groups excluding carboxylic acids is 1. The maximum absolute atomic E-state index is 13.1. The predicted octanol–water partition coefficient (Wildman–Crippen LogP) is 3.09. The topological polar surface area (TPSA) is 43.1 Å². The third kappa shape index (κ3) is 2.37. The predicted molar refractivity (Wildman–Crippen MR) is 65.4 cm³/mol. The van der Waals surface area contributed by atoms with E-state index in [1.165, 1.54) is 0 Å². The molecule has 0 aliphatic rings. The number of ketones is 1. The lowest BCUT2D eigenvalue weighted by molar-refractivity contribution is 0.103. The van der Waals surface area contributed by atoms with Gasteiger partial charge in [0.25, 0.3) is 0 Å². The number of carbonyl (C=O) groups is 1. The molecule has 0 atom stereocenters. The van der Waals surface area contributed by atoms with E-state index in [2.05, 4.69) is 0 Å². The van der Waals surface area contributed by atoms with Crippen LogP contribution in [0.15, 0.2) is 36.4 Å². The van der Waals surface area contributed by atoms with Gasteiger partial charge in [-0.2, -0.15) is 0 Å². The number of hydrogen-bond donors (Lipinski definition) is 1. The molecule has 0 aliphatic heterocycles. The van der Waals surface area contributed by atoms with Gasteiger partial charge in [0.1, 0.15) is 11.6 Å². The van der Waals surface area contributed by atoms with Gasteiger partial charge in [0.2, 0.25) is 0 Å². The standard InChI is InChI=1S/C14H11F2NO/c1-8-2-3-13(17)12(4-8)14(18)9-5-10(15)7-11(16)6-9/h2-7H,17H2,1H3. The van der Waals surface area contributed by atoms with Gasteiger partial charge in [-0.25, -0.2) is 8.78 Å². The second-order valence-electron chi connectivity index (χ2n) is 4.08. The van der Waals surface area contributed by atoms with E-state index in [4.69, 9.17) is 5.73 Å². The first-order chi connectivity index (χ1) is 8.47. The van der Waals surface area contributed by atoms with E-state index < -0.39 is 17.4 Å². The molecule has 0 fully saturated rings. The summed E-state index contributed by atoms with van der Waals surface area (Å²) >= 11 is 0. The molecule has 0 aliphatic carbocycles. The van der Waals surface area contributed by atoms with Crippen molar-refractivity contribution in [3.05, 3.63) is 64.7 Å². The van der Waals surface area contributed by atoms with Crippen LogP contribution < -0.4 is 5.73 Å². The molecule has 2 N–H and O–H groups in total. The Morgan fingerprint density at radius 2 is 1.67 bits per heavy atom. The van der Waals surface area contributed by atoms with Crippen LogP contribution in [0.3, 0.4) is 0 Å². The molecule has 2 aromatic carbocycles. The second-order valence-corrected chi connectivity index (χ2v) is 4.08. The van der Waals surface area contributed by atoms with E-state index in [1.807, 2.05) is 6.92 Å². The maximum Gasteiger partial charge on any atom is 0.195 e. The second kappa shape index (κ2) is 4.56. The van der Waals surface area contributed by atoms with Gasteiger partial charge >= 0.3 is 0 Å². The minimum Gasteiger partial charge on any atom is -0.398 e. The van der Waals surface area contributed by atoms with Crippen molar-refractivity contribution >= 4 is 11.5 Å². The first kappa shape index (κ1) is 12.2. The van der Waals surface area contributed by atoms with E-state index in [1.54, 1.807) is 18.2 Å². The lowest BCUT2D eigenvalue weighted by Crippen LogP contribution is -2.06. The van der Waals surface area contributed by atoms with Gasteiger partial charge in [0.15, 0.2) is 5.78 Å². The lowest BCUT2D eigenvalue weighted by Gasteiger charge is -2.06. The maximum atomic E-state index is 13.1. The van der Waals surface area contributed by atoms with Crippen LogP contribution >= 0.6 is 0 Å². The molecule has 0 saturated carbocycles. The quantitative estimate of drug-likeness (QED) is 0.654. The average Bonchev–Trinajstić information content (AvgIpc) is 2.30. The number of anilines is 1. The van der Waals surface area contributed by atoms with Gasteiger partial charge < -0.3 is 5.73 Å². The Kier molecular flexibility index (Phi) is 3.10. The Morgan fingerprint density at radius 1 is 1.06 bits per heavy atom. The molecule has 0 unspecified atom stereocenters. The minimum absolute atomic E-state index is 0.0511. The summed E-state index contributed by atoms with van der Waals surface area (Å²) in [5.74, 6) is -2.07. The monoisotopic (exact) mass is 247 g/mol. The van der Waals surface area contributed by atoms with Crippen molar-refractivity contribution < 1.29 is 13.6 Å². The third-order valence-electron chi connectivity index (χ3n) is 2.58. The lowest BCUT2D eigenvalue weighted by atomic mass is 10.00. The molecule has 0 spiro atoms. The fourth-order valence-electron chi connectivity index (χ4n) is 1.71. The summed E-state index contributed by atoms with van der Waals surface area (Å²) in [5.41, 5.74) is 7.03. The first-order valence-electron chi connectivity index (χ1n) is 5.34. The van der Waals surface area contributed by atoms with Crippen LogP contribution in [-0.4, -0.2) is 5.78 Å². The summed E-state index contributed by atoms with van der Waals surface area (Å²) in [7, 11) is 0. The van der Waals surface area contributed by atoms with Gasteiger partial charge in [-0.3, -0.25) is 4.79 Å². The zero-order valence-electron chi connectivity index (χ0n) is 9.71. The number of hydrogen-bond acceptors (Lipinski definition) is 2. The molecule has 0 amide bonds. The average molecular weight is 247 g/mol. The first-order valence-corrected chi connectivity index (χ1v) is 5.34. The summed E-state index contributed by atoms with van der Waals surface area (Å²) in [6.45, 7) is 1.81. The molecule has 18 heavy (non-hydrogen) atoms. The number of halogens is 2. The van der Waals surface area contributed by atoms with E-state index in [0.29, 0.717) is 0 Å². The van der Waals surface area contributed by atoms with Gasteiger partial charge in [-0.1, -0.05) is 11.6 Å². The molecule has 0 radical (unpaired) electrons. The SMILES string of the molecule is Cc1ccc(N)c(C(=O)c2cc(F)cc(F)c2)c1. The molecular weight excluding hydrogens is 236 g/mol. The van der Waals surface area contributed by atoms with Gasteiger partial charge in [0, 0.05) is 22.9 Å². The van der Waals surface area contributed by atoms with Crippen LogP contribution in [0.5, 0.6) is 0 Å². The fourth-order valence-corrected chi connectivity index (χ4v) is 1.71. The number of benzene rings is 2. The molecule has 2 nitrogen and oxygen atoms in total. The van der Waals surface area contributed by atoms with Crippen LogP contribution in [0.2, 0.25) is 0 Å². The van der Waals surface area contributed by atoms with Crippen LogP contribution in [0.1, 0.15) is 21.5 Å². The number of nitrogens with two attached hydrogens (primary N) is 1. The Bertz CT molecular complexity index is 603. The molecule has 92 valence electrons. The molecule has 2 rings (SSSR count). The Morgan fingerprint density at radius 3 is 2.28 bits per heavy atom. The number of rotatable bonds is 2. The van der Waals surface area contributed by atoms with Crippen molar-refractivity contribution in [2.75, 3.05) is 5.73 Å². The molecule has 0 saturated heterocycles. The van der Waals surface area contributed by atoms with Crippen LogP contribution in [0.4, 0.5) is 14.5 Å². The highest BCUT2D eigenvalue weighted by Crippen LogP contribution is 2.19. The summed E-state index contributed by atoms with van der Waals surface area (Å²) in [4.78, 5) is 12.1. The van der Waals surface area contributed by atoms with Crippen molar-refractivity contribution in [3.63, 3.8) is 0 Å². The van der Waals surface area contributed by atoms with Gasteiger partial charge in [-0.15, -0.1) is 0 Å². The molecule has 2 aromatic rings. The van der Waals surface area contributed by atoms with Crippen LogP contribution in [0, 0.1) is 18.6 Å². The number of aryl methyl sites for hydroxylation is 1. The molecular formula is C14H11F2NO. The largest absolute Gasteiger partial charge is 0.398 e. The van der Waals surface area contributed by atoms with E-state index in [0.717, 1.165) is 23.8 Å². The van der Waals surface area contributed by atoms with Crippen molar-refractivity contribution in [3.8, 4) is 0 Å². The fraction of sp³-hybridized carbons (Fsp3) is 0.0714. The molecule has 0 heterocycles. The van der Waals surface area contributed by atoms with Crippen molar-refractivity contribution in [2.24, 2.45) is 0 Å². The zero-order valence-corrected chi connectivity index (χ0v) is 9.71. The van der Waals surface area contributed by atoms with Crippen molar-refractivity contribution in [1.29, 1.82) is 0 Å². The van der Waals surface area contributed by atoms with Crippen LogP contribution in [-0.2, 0) is 0 Å². The molecule has 0 aromatic heterocycles. The van der Waals surface area contributed by atoms with Crippen molar-refractivity contribution in [2.45, 2.75) is 6.92 Å². The molecule has 0 bridgehead atoms. The smallest absolute Gasteiger partial charge is 0.195 e. The zero-order chi connectivity index (χ0) is 13.3. The van der Waals surface area contributed by atoms with Gasteiger partial charge in [-0.05, 0) is 31.2 Å². The van der Waals surface area contributed by atoms with E-state index in [-0.39, 0.29) is 16.8 Å². The normalized spacial score (nSPS) is 10.4. The Balaban J connectivity index is 2.51. The highest BCUT2D eigenvalue weighted by molar-refractivity contribution is 6.12. The van der Waals surface area contributed by atoms with E-state index in [9.17, 15) is 13.6 Å². The summed E-state index contributed by atoms with van der Waals surface area (Å²) < 4.78 is 26.1. The van der Waals surface area contributed by atoms with Crippen molar-refractivity contribution in [1.82, 2.24) is 0 Å². The highest BCUT2D eigenvalue weighted by Gasteiger charge is 2.14. The third-order valence-corrected chi connectivity index (χ3v) is 2.58. The Labute approximate surface area is 103 Å². The Hall–Kier alpha value is -2.23. The van der Waals surface area contributed by atoms with E-state index >= 15 is 0 Å². The summed E-state index contributed by atoms with van der Waals surface area (Å²) in [6.07, 6.45) is 0. The van der Waals surface area contributed by atoms with Gasteiger partial charge in [0.05, 0.1) is 0 Å². The minimum atomic E-state index is -0.787. The highest BCUT2D eigenvalue weighted by atomic mass is 19.1. The summed E-state index contributed by atoms with van der Waals surface area (Å²) in [5, 5.41) is 0.